The third-order valence-corrected chi connectivity index (χ3v) is 2.55. The van der Waals surface area contributed by atoms with Crippen LogP contribution in [-0.2, 0) is 0 Å². The smallest absolute Gasteiger partial charge is 0.223 e. The van der Waals surface area contributed by atoms with E-state index in [1.165, 1.54) is 6.20 Å². The molecule has 0 aromatic carbocycles. The van der Waals surface area contributed by atoms with Gasteiger partial charge in [0.05, 0.1) is 11.3 Å². The number of nitrogens with zero attached hydrogens (tertiary/aromatic N) is 4. The Morgan fingerprint density at radius 1 is 1.26 bits per heavy atom. The predicted molar refractivity (Wildman–Crippen MR) is 73.5 cm³/mol. The molecule has 0 atom stereocenters. The summed E-state index contributed by atoms with van der Waals surface area (Å²) < 4.78 is 0. The molecule has 0 unspecified atom stereocenters. The lowest BCUT2D eigenvalue weighted by Crippen LogP contribution is -2.05. The van der Waals surface area contributed by atoms with Crippen LogP contribution in [0, 0.1) is 18.3 Å². The van der Waals surface area contributed by atoms with E-state index in [1.54, 1.807) is 12.3 Å². The van der Waals surface area contributed by atoms with Crippen molar-refractivity contribution in [2.24, 2.45) is 0 Å². The molecule has 5 heteroatoms. The van der Waals surface area contributed by atoms with E-state index in [9.17, 15) is 0 Å². The Morgan fingerprint density at radius 2 is 2.11 bits per heavy atom. The van der Waals surface area contributed by atoms with Gasteiger partial charge in [-0.25, -0.2) is 9.97 Å². The highest BCUT2D eigenvalue weighted by atomic mass is 15.1. The lowest BCUT2D eigenvalue weighted by molar-refractivity contribution is 0.947. The standard InChI is InChI=1S/C14H15N5/c1-3-4-17-14-18-10(2)5-13(19-14)12-6-11(7-15)8-16-9-12/h5-6,8-9H,3-4H2,1-2H3,(H,17,18,19). The molecule has 0 aliphatic rings. The highest BCUT2D eigenvalue weighted by Gasteiger charge is 2.05. The number of hydrogen-bond donors (Lipinski definition) is 1. The molecule has 1 N–H and O–H groups in total. The first-order chi connectivity index (χ1) is 9.22. The summed E-state index contributed by atoms with van der Waals surface area (Å²) in [6.45, 7) is 4.84. The number of rotatable bonds is 4. The number of aromatic nitrogens is 3. The van der Waals surface area contributed by atoms with Gasteiger partial charge in [-0.05, 0) is 25.5 Å². The zero-order chi connectivity index (χ0) is 13.7. The van der Waals surface area contributed by atoms with Gasteiger partial charge in [0.2, 0.25) is 5.95 Å². The van der Waals surface area contributed by atoms with Crippen molar-refractivity contribution in [1.29, 1.82) is 5.26 Å². The van der Waals surface area contributed by atoms with Gasteiger partial charge >= 0.3 is 0 Å². The molecule has 2 heterocycles. The van der Waals surface area contributed by atoms with Crippen molar-refractivity contribution in [3.63, 3.8) is 0 Å². The van der Waals surface area contributed by atoms with Crippen LogP contribution >= 0.6 is 0 Å². The van der Waals surface area contributed by atoms with Crippen molar-refractivity contribution in [3.05, 3.63) is 35.8 Å². The first kappa shape index (κ1) is 13.0. The molecule has 2 rings (SSSR count). The Balaban J connectivity index is 2.38. The van der Waals surface area contributed by atoms with Crippen LogP contribution in [0.3, 0.4) is 0 Å². The van der Waals surface area contributed by atoms with Crippen molar-refractivity contribution in [2.45, 2.75) is 20.3 Å². The molecule has 0 radical (unpaired) electrons. The van der Waals surface area contributed by atoms with E-state index in [-0.39, 0.29) is 0 Å². The number of pyridine rings is 1. The van der Waals surface area contributed by atoms with Gasteiger partial charge in [0, 0.05) is 30.2 Å². The molecule has 96 valence electrons. The Bertz CT molecular complexity index is 615. The molecule has 0 aliphatic heterocycles. The predicted octanol–water partition coefficient (Wildman–Crippen LogP) is 2.54. The van der Waals surface area contributed by atoms with Crippen LogP contribution < -0.4 is 5.32 Å². The summed E-state index contributed by atoms with van der Waals surface area (Å²) in [6, 6.07) is 5.74. The molecule has 0 bridgehead atoms. The number of hydrogen-bond acceptors (Lipinski definition) is 5. The molecule has 2 aromatic rings. The Labute approximate surface area is 112 Å². The highest BCUT2D eigenvalue weighted by molar-refractivity contribution is 5.61. The lowest BCUT2D eigenvalue weighted by atomic mass is 10.1. The van der Waals surface area contributed by atoms with Crippen LogP contribution in [0.1, 0.15) is 24.6 Å². The van der Waals surface area contributed by atoms with Crippen molar-refractivity contribution in [3.8, 4) is 17.3 Å². The van der Waals surface area contributed by atoms with E-state index in [2.05, 4.69) is 33.3 Å². The van der Waals surface area contributed by atoms with E-state index in [0.29, 0.717) is 11.5 Å². The summed E-state index contributed by atoms with van der Waals surface area (Å²) in [7, 11) is 0. The van der Waals surface area contributed by atoms with E-state index in [0.717, 1.165) is 29.9 Å². The fraction of sp³-hybridized carbons (Fsp3) is 0.286. The summed E-state index contributed by atoms with van der Waals surface area (Å²) in [6.07, 6.45) is 4.25. The zero-order valence-electron chi connectivity index (χ0n) is 11.0. The summed E-state index contributed by atoms with van der Waals surface area (Å²) in [4.78, 5) is 12.8. The monoisotopic (exact) mass is 253 g/mol. The van der Waals surface area contributed by atoms with E-state index in [4.69, 9.17) is 5.26 Å². The number of anilines is 1. The van der Waals surface area contributed by atoms with Crippen LogP contribution in [0.15, 0.2) is 24.5 Å². The summed E-state index contributed by atoms with van der Waals surface area (Å²) >= 11 is 0. The van der Waals surface area contributed by atoms with Gasteiger partial charge in [0.1, 0.15) is 6.07 Å². The minimum Gasteiger partial charge on any atom is -0.354 e. The first-order valence-electron chi connectivity index (χ1n) is 6.18. The van der Waals surface area contributed by atoms with Gasteiger partial charge < -0.3 is 5.32 Å². The first-order valence-corrected chi connectivity index (χ1v) is 6.18. The highest BCUT2D eigenvalue weighted by Crippen LogP contribution is 2.19. The van der Waals surface area contributed by atoms with Crippen LogP contribution in [0.5, 0.6) is 0 Å². The molecule has 5 nitrogen and oxygen atoms in total. The maximum Gasteiger partial charge on any atom is 0.223 e. The number of nitrogens with one attached hydrogen (secondary N) is 1. The van der Waals surface area contributed by atoms with Gasteiger partial charge in [0.15, 0.2) is 0 Å². The average Bonchev–Trinajstić information content (AvgIpc) is 2.44. The maximum atomic E-state index is 8.90. The van der Waals surface area contributed by atoms with Crippen LogP contribution in [0.4, 0.5) is 5.95 Å². The second-order valence-electron chi connectivity index (χ2n) is 4.22. The van der Waals surface area contributed by atoms with E-state index < -0.39 is 0 Å². The Morgan fingerprint density at radius 3 is 2.84 bits per heavy atom. The molecular formula is C14H15N5. The molecular weight excluding hydrogens is 238 g/mol. The van der Waals surface area contributed by atoms with Gasteiger partial charge in [-0.1, -0.05) is 6.92 Å². The average molecular weight is 253 g/mol. The third-order valence-electron chi connectivity index (χ3n) is 2.55. The molecule has 19 heavy (non-hydrogen) atoms. The van der Waals surface area contributed by atoms with Crippen molar-refractivity contribution < 1.29 is 0 Å². The van der Waals surface area contributed by atoms with Crippen LogP contribution in [0.25, 0.3) is 11.3 Å². The minimum absolute atomic E-state index is 0.525. The summed E-state index contributed by atoms with van der Waals surface area (Å²) in [5.74, 6) is 0.610. The second kappa shape index (κ2) is 5.91. The van der Waals surface area contributed by atoms with Gasteiger partial charge in [0.25, 0.3) is 0 Å². The molecule has 0 saturated carbocycles. The molecule has 0 saturated heterocycles. The summed E-state index contributed by atoms with van der Waals surface area (Å²) in [5, 5.41) is 12.1. The van der Waals surface area contributed by atoms with Crippen LogP contribution in [0.2, 0.25) is 0 Å². The van der Waals surface area contributed by atoms with Gasteiger partial charge in [-0.15, -0.1) is 0 Å². The SMILES string of the molecule is CCCNc1nc(C)cc(-c2cncc(C#N)c2)n1. The molecule has 0 aliphatic carbocycles. The van der Waals surface area contributed by atoms with Crippen molar-refractivity contribution in [1.82, 2.24) is 15.0 Å². The van der Waals surface area contributed by atoms with Crippen molar-refractivity contribution >= 4 is 5.95 Å². The number of aryl methyl sites for hydroxylation is 1. The van der Waals surface area contributed by atoms with Gasteiger partial charge in [-0.3, -0.25) is 4.98 Å². The topological polar surface area (TPSA) is 74.5 Å². The van der Waals surface area contributed by atoms with E-state index >= 15 is 0 Å². The molecule has 0 spiro atoms. The second-order valence-corrected chi connectivity index (χ2v) is 4.22. The zero-order valence-corrected chi connectivity index (χ0v) is 11.0. The number of nitriles is 1. The van der Waals surface area contributed by atoms with Crippen LogP contribution in [-0.4, -0.2) is 21.5 Å². The quantitative estimate of drug-likeness (QED) is 0.906. The Hall–Kier alpha value is -2.48. The maximum absolute atomic E-state index is 8.90. The van der Waals surface area contributed by atoms with Gasteiger partial charge in [-0.2, -0.15) is 5.26 Å². The fourth-order valence-corrected chi connectivity index (χ4v) is 1.67. The molecule has 0 fully saturated rings. The fourth-order valence-electron chi connectivity index (χ4n) is 1.67. The lowest BCUT2D eigenvalue weighted by Gasteiger charge is -2.07. The van der Waals surface area contributed by atoms with Crippen molar-refractivity contribution in [2.75, 3.05) is 11.9 Å². The van der Waals surface area contributed by atoms with E-state index in [1.807, 2.05) is 13.0 Å². The minimum atomic E-state index is 0.525. The third kappa shape index (κ3) is 3.26. The molecule has 0 amide bonds. The normalized spacial score (nSPS) is 9.95. The largest absolute Gasteiger partial charge is 0.354 e. The Kier molecular flexibility index (Phi) is 4.04. The molecule has 2 aromatic heterocycles. The summed E-state index contributed by atoms with van der Waals surface area (Å²) in [5.41, 5.74) is 3.00.